The Hall–Kier alpha value is -2.10. The molecule has 40 heavy (non-hydrogen) atoms. The van der Waals surface area contributed by atoms with E-state index in [9.17, 15) is 15.0 Å². The third-order valence-corrected chi connectivity index (χ3v) is 10.5. The summed E-state index contributed by atoms with van der Waals surface area (Å²) in [6.45, 7) is 2.28. The van der Waals surface area contributed by atoms with Gasteiger partial charge in [0.25, 0.3) is 0 Å². The van der Waals surface area contributed by atoms with E-state index in [0.717, 1.165) is 65.1 Å². The topological polar surface area (TPSA) is 100 Å². The van der Waals surface area contributed by atoms with Crippen molar-refractivity contribution in [3.05, 3.63) is 65.2 Å². The van der Waals surface area contributed by atoms with Gasteiger partial charge in [-0.2, -0.15) is 11.8 Å². The first-order chi connectivity index (χ1) is 19.4. The molecule has 7 rings (SSSR count). The second-order valence-electron chi connectivity index (χ2n) is 12.5. The van der Waals surface area contributed by atoms with Crippen molar-refractivity contribution in [3.8, 4) is 0 Å². The molecule has 2 amide bonds. The van der Waals surface area contributed by atoms with Crippen molar-refractivity contribution in [2.75, 3.05) is 23.4 Å². The monoisotopic (exact) mass is 566 g/mol. The molecule has 4 aliphatic carbocycles. The lowest BCUT2D eigenvalue weighted by molar-refractivity contribution is -0.268. The molecule has 0 aromatic heterocycles. The molecule has 0 radical (unpaired) electrons. The summed E-state index contributed by atoms with van der Waals surface area (Å²) in [5, 5.41) is 25.3. The molecule has 0 unspecified atom stereocenters. The van der Waals surface area contributed by atoms with Gasteiger partial charge in [0.15, 0.2) is 6.29 Å². The second kappa shape index (κ2) is 12.0. The summed E-state index contributed by atoms with van der Waals surface area (Å²) < 4.78 is 13.0. The maximum Gasteiger partial charge on any atom is 0.319 e. The Bertz CT molecular complexity index is 1140. The molecule has 1 saturated heterocycles. The fourth-order valence-corrected chi connectivity index (χ4v) is 8.91. The summed E-state index contributed by atoms with van der Waals surface area (Å²) in [6, 6.07) is 15.5. The zero-order chi connectivity index (χ0) is 27.7. The molecule has 4 saturated carbocycles. The first-order valence-corrected chi connectivity index (χ1v) is 16.0. The highest BCUT2D eigenvalue weighted by Gasteiger charge is 2.51. The van der Waals surface area contributed by atoms with E-state index in [1.165, 1.54) is 19.3 Å². The molecule has 216 valence electrons. The Kier molecular flexibility index (Phi) is 8.43. The highest BCUT2D eigenvalue weighted by molar-refractivity contribution is 7.99. The average Bonchev–Trinajstić information content (AvgIpc) is 2.93. The van der Waals surface area contributed by atoms with Gasteiger partial charge in [0.05, 0.1) is 25.4 Å². The first-order valence-electron chi connectivity index (χ1n) is 14.8. The predicted molar refractivity (Wildman–Crippen MR) is 157 cm³/mol. The summed E-state index contributed by atoms with van der Waals surface area (Å²) in [5.74, 6) is 3.82. The third kappa shape index (κ3) is 6.07. The second-order valence-corrected chi connectivity index (χ2v) is 13.7. The van der Waals surface area contributed by atoms with Gasteiger partial charge in [-0.25, -0.2) is 4.79 Å². The number of urea groups is 1. The molecule has 8 heteroatoms. The maximum absolute atomic E-state index is 13.2. The largest absolute Gasteiger partial charge is 0.396 e. The molecule has 1 aliphatic heterocycles. The van der Waals surface area contributed by atoms with Crippen LogP contribution in [0.1, 0.15) is 74.5 Å². The molecule has 5 fully saturated rings. The maximum atomic E-state index is 13.2. The van der Waals surface area contributed by atoms with E-state index in [1.807, 2.05) is 48.5 Å². The highest BCUT2D eigenvalue weighted by atomic mass is 32.2. The molecule has 1 heterocycles. The Balaban J connectivity index is 1.16. The van der Waals surface area contributed by atoms with Crippen molar-refractivity contribution in [3.63, 3.8) is 0 Å². The number of thioether (sulfide) groups is 1. The molecule has 5 aliphatic rings. The van der Waals surface area contributed by atoms with Crippen LogP contribution in [0.15, 0.2) is 48.5 Å². The molecule has 4 bridgehead atoms. The standard InChI is InChI=1S/C32H42N2O5S/c1-20-28(19-40-10-9-35)38-30(39-29(20)25-7-5-21(18-36)6-8-25)26-3-2-4-27(14-26)33-31(37)34-32-15-22-11-23(16-32)13-24(12-22)17-32/h2-8,14,20,22-24,28-30,35-36H,9-13,15-19H2,1H3,(H2,33,34,37)/t20-,22?,23?,24?,28+,29+,30+,32?/m0/s1. The van der Waals surface area contributed by atoms with Crippen LogP contribution in [0.2, 0.25) is 0 Å². The molecular weight excluding hydrogens is 524 g/mol. The van der Waals surface area contributed by atoms with Gasteiger partial charge in [-0.3, -0.25) is 0 Å². The lowest BCUT2D eigenvalue weighted by Crippen LogP contribution is -2.60. The van der Waals surface area contributed by atoms with Crippen LogP contribution in [-0.4, -0.2) is 46.0 Å². The van der Waals surface area contributed by atoms with E-state index in [4.69, 9.17) is 9.47 Å². The molecule has 2 aromatic rings. The van der Waals surface area contributed by atoms with Crippen LogP contribution in [0.5, 0.6) is 0 Å². The number of amides is 2. The van der Waals surface area contributed by atoms with Crippen molar-refractivity contribution >= 4 is 23.5 Å². The van der Waals surface area contributed by atoms with Crippen LogP contribution in [0, 0.1) is 23.7 Å². The number of anilines is 1. The number of ether oxygens (including phenoxy) is 2. The fraction of sp³-hybridized carbons (Fsp3) is 0.594. The number of aliphatic hydroxyl groups is 2. The summed E-state index contributed by atoms with van der Waals surface area (Å²) >= 11 is 1.67. The van der Waals surface area contributed by atoms with E-state index in [2.05, 4.69) is 17.6 Å². The lowest BCUT2D eigenvalue weighted by atomic mass is 9.53. The molecular formula is C32H42N2O5S. The van der Waals surface area contributed by atoms with Gasteiger partial charge in [-0.1, -0.05) is 43.3 Å². The van der Waals surface area contributed by atoms with Gasteiger partial charge in [0.2, 0.25) is 0 Å². The highest BCUT2D eigenvalue weighted by Crippen LogP contribution is 2.55. The Morgan fingerprint density at radius 3 is 2.33 bits per heavy atom. The SMILES string of the molecule is C[C@H]1[C@@H](CSCCO)O[C@@H](c2cccc(NC(=O)NC34CC5CC(CC(C5)C3)C4)c2)O[C@H]1c1ccc(CO)cc1. The molecule has 2 aromatic carbocycles. The Labute approximate surface area is 241 Å². The quantitative estimate of drug-likeness (QED) is 0.287. The van der Waals surface area contributed by atoms with Crippen LogP contribution < -0.4 is 10.6 Å². The van der Waals surface area contributed by atoms with E-state index >= 15 is 0 Å². The van der Waals surface area contributed by atoms with Crippen molar-refractivity contribution in [2.24, 2.45) is 23.7 Å². The van der Waals surface area contributed by atoms with Crippen molar-refractivity contribution in [1.82, 2.24) is 5.32 Å². The number of hydrogen-bond donors (Lipinski definition) is 4. The van der Waals surface area contributed by atoms with Crippen LogP contribution in [0.25, 0.3) is 0 Å². The smallest absolute Gasteiger partial charge is 0.319 e. The minimum Gasteiger partial charge on any atom is -0.396 e. The van der Waals surface area contributed by atoms with Crippen molar-refractivity contribution < 1.29 is 24.5 Å². The fourth-order valence-electron chi connectivity index (χ4n) is 8.00. The zero-order valence-electron chi connectivity index (χ0n) is 23.3. The molecule has 7 nitrogen and oxygen atoms in total. The number of benzene rings is 2. The minimum atomic E-state index is -0.591. The van der Waals surface area contributed by atoms with Gasteiger partial charge in [0, 0.05) is 34.2 Å². The van der Waals surface area contributed by atoms with Crippen LogP contribution >= 0.6 is 11.8 Å². The lowest BCUT2D eigenvalue weighted by Gasteiger charge is -2.56. The average molecular weight is 567 g/mol. The number of rotatable bonds is 9. The Morgan fingerprint density at radius 2 is 1.68 bits per heavy atom. The number of nitrogens with one attached hydrogen (secondary N) is 2. The van der Waals surface area contributed by atoms with Crippen LogP contribution in [-0.2, 0) is 16.1 Å². The van der Waals surface area contributed by atoms with Gasteiger partial charge in [-0.05, 0) is 79.5 Å². The summed E-state index contributed by atoms with van der Waals surface area (Å²) in [6.07, 6.45) is 6.52. The molecule has 4 N–H and O–H groups in total. The third-order valence-electron chi connectivity index (χ3n) is 9.47. The van der Waals surface area contributed by atoms with Gasteiger partial charge < -0.3 is 30.3 Å². The first kappa shape index (κ1) is 28.0. The summed E-state index contributed by atoms with van der Waals surface area (Å²) in [4.78, 5) is 13.2. The summed E-state index contributed by atoms with van der Waals surface area (Å²) in [5.41, 5.74) is 3.44. The number of hydrogen-bond acceptors (Lipinski definition) is 6. The van der Waals surface area contributed by atoms with Gasteiger partial charge in [-0.15, -0.1) is 0 Å². The molecule has 4 atom stereocenters. The van der Waals surface area contributed by atoms with Gasteiger partial charge in [0.1, 0.15) is 0 Å². The van der Waals surface area contributed by atoms with Crippen molar-refractivity contribution in [1.29, 1.82) is 0 Å². The Morgan fingerprint density at radius 1 is 0.975 bits per heavy atom. The van der Waals surface area contributed by atoms with E-state index in [-0.39, 0.29) is 42.9 Å². The normalized spacial score (nSPS) is 34.5. The van der Waals surface area contributed by atoms with Crippen LogP contribution in [0.4, 0.5) is 10.5 Å². The summed E-state index contributed by atoms with van der Waals surface area (Å²) in [7, 11) is 0. The van der Waals surface area contributed by atoms with E-state index < -0.39 is 6.29 Å². The number of carbonyl (C=O) groups excluding carboxylic acids is 1. The zero-order valence-corrected chi connectivity index (χ0v) is 24.1. The molecule has 0 spiro atoms. The number of carbonyl (C=O) groups is 1. The van der Waals surface area contributed by atoms with Gasteiger partial charge >= 0.3 is 6.03 Å². The van der Waals surface area contributed by atoms with Crippen LogP contribution in [0.3, 0.4) is 0 Å². The van der Waals surface area contributed by atoms with Crippen molar-refractivity contribution in [2.45, 2.75) is 76.1 Å². The predicted octanol–water partition coefficient (Wildman–Crippen LogP) is 5.79. The minimum absolute atomic E-state index is 0.00372. The van der Waals surface area contributed by atoms with E-state index in [1.54, 1.807) is 11.8 Å². The van der Waals surface area contributed by atoms with E-state index in [0.29, 0.717) is 5.75 Å². The number of aliphatic hydroxyl groups excluding tert-OH is 2.